The molecule has 1 saturated heterocycles. The quantitative estimate of drug-likeness (QED) is 0.329. The summed E-state index contributed by atoms with van der Waals surface area (Å²) in [6.45, 7) is 8.11. The molecule has 0 radical (unpaired) electrons. The Hall–Kier alpha value is -3.27. The molecule has 2 aliphatic carbocycles. The number of aromatic amines is 1. The number of esters is 1. The maximum Gasteiger partial charge on any atom is 0.330 e. The lowest BCUT2D eigenvalue weighted by Gasteiger charge is -2.48. The highest BCUT2D eigenvalue weighted by Crippen LogP contribution is 2.65. The van der Waals surface area contributed by atoms with E-state index >= 15 is 0 Å². The summed E-state index contributed by atoms with van der Waals surface area (Å²) in [5.74, 6) is -0.415. The zero-order chi connectivity index (χ0) is 27.1. The van der Waals surface area contributed by atoms with Crippen molar-refractivity contribution < 1.29 is 18.7 Å². The first-order valence-corrected chi connectivity index (χ1v) is 15.0. The number of aromatic nitrogens is 2. The third-order valence-electron chi connectivity index (χ3n) is 7.96. The van der Waals surface area contributed by atoms with Gasteiger partial charge in [-0.1, -0.05) is 75.4 Å². The molecule has 2 fully saturated rings. The lowest BCUT2D eigenvalue weighted by atomic mass is 10.0. The Morgan fingerprint density at radius 1 is 1.18 bits per heavy atom. The van der Waals surface area contributed by atoms with Crippen LogP contribution in [-0.2, 0) is 18.7 Å². The van der Waals surface area contributed by atoms with E-state index in [9.17, 15) is 14.4 Å². The summed E-state index contributed by atoms with van der Waals surface area (Å²) >= 11 is 0. The molecule has 1 N–H and O–H groups in total. The molecule has 2 heterocycles. The van der Waals surface area contributed by atoms with Gasteiger partial charge in [-0.2, -0.15) is 0 Å². The maximum atomic E-state index is 12.5. The highest BCUT2D eigenvalue weighted by molar-refractivity contribution is 6.90. The first kappa shape index (κ1) is 26.3. The molecule has 0 bridgehead atoms. The first-order valence-electron chi connectivity index (χ1n) is 13.0. The van der Waals surface area contributed by atoms with Crippen LogP contribution in [0, 0.1) is 5.41 Å². The second-order valence-corrected chi connectivity index (χ2v) is 15.8. The molecule has 1 aliphatic heterocycles. The number of benzene rings is 1. The number of carbonyl (C=O) groups excluding carboxylic acids is 1. The Kier molecular flexibility index (Phi) is 6.79. The monoisotopic (exact) mass is 534 g/mol. The minimum absolute atomic E-state index is 0.165. The minimum atomic E-state index is -2.74. The van der Waals surface area contributed by atoms with Crippen molar-refractivity contribution in [2.75, 3.05) is 0 Å². The fourth-order valence-electron chi connectivity index (χ4n) is 6.15. The Morgan fingerprint density at radius 3 is 2.58 bits per heavy atom. The van der Waals surface area contributed by atoms with Crippen LogP contribution in [0.1, 0.15) is 46.8 Å². The molecule has 6 unspecified atom stereocenters. The molecular formula is C29H34N2O6Si. The number of nitrogens with zero attached hydrogens (tertiary/aromatic N) is 1. The minimum Gasteiger partial charge on any atom is -0.435 e. The van der Waals surface area contributed by atoms with Gasteiger partial charge >= 0.3 is 11.7 Å². The molecule has 1 saturated carbocycles. The van der Waals surface area contributed by atoms with Gasteiger partial charge in [-0.25, -0.2) is 4.79 Å². The van der Waals surface area contributed by atoms with Gasteiger partial charge in [-0.3, -0.25) is 19.1 Å². The van der Waals surface area contributed by atoms with E-state index in [4.69, 9.17) is 13.9 Å². The van der Waals surface area contributed by atoms with Gasteiger partial charge in [-0.05, 0) is 22.7 Å². The SMILES string of the molecule is CC(=O)OC=CC12CC(n3ccc(=O)[nH]c3=O)OC1C2O[Si](c1ccccc1)(C1C=CC=CC1)C(C)(C)C. The number of H-pyrrole nitrogens is 1. The van der Waals surface area contributed by atoms with Crippen molar-refractivity contribution in [3.05, 3.63) is 100 Å². The zero-order valence-corrected chi connectivity index (χ0v) is 23.1. The van der Waals surface area contributed by atoms with Crippen molar-refractivity contribution in [3.63, 3.8) is 0 Å². The van der Waals surface area contributed by atoms with Crippen LogP contribution in [0.25, 0.3) is 0 Å². The van der Waals surface area contributed by atoms with Gasteiger partial charge in [0.05, 0.1) is 23.9 Å². The molecule has 1 aromatic heterocycles. The molecular weight excluding hydrogens is 500 g/mol. The predicted molar refractivity (Wildman–Crippen MR) is 146 cm³/mol. The van der Waals surface area contributed by atoms with Crippen LogP contribution in [0.2, 0.25) is 10.6 Å². The lowest BCUT2D eigenvalue weighted by molar-refractivity contribution is -0.135. The van der Waals surface area contributed by atoms with Crippen molar-refractivity contribution in [3.8, 4) is 0 Å². The van der Waals surface area contributed by atoms with Gasteiger partial charge in [0.25, 0.3) is 5.56 Å². The number of carbonyl (C=O) groups is 1. The third-order valence-corrected chi connectivity index (χ3v) is 13.5. The van der Waals surface area contributed by atoms with Gasteiger partial charge in [-0.15, -0.1) is 0 Å². The summed E-state index contributed by atoms with van der Waals surface area (Å²) in [6.07, 6.45) is 13.5. The largest absolute Gasteiger partial charge is 0.435 e. The van der Waals surface area contributed by atoms with E-state index in [0.717, 1.165) is 6.42 Å². The van der Waals surface area contributed by atoms with E-state index in [1.165, 1.54) is 35.2 Å². The van der Waals surface area contributed by atoms with Crippen LogP contribution in [-0.4, -0.2) is 36.0 Å². The van der Waals surface area contributed by atoms with E-state index in [-0.39, 0.29) is 22.8 Å². The third kappa shape index (κ3) is 4.48. The van der Waals surface area contributed by atoms with Crippen molar-refractivity contribution in [1.82, 2.24) is 9.55 Å². The number of rotatable bonds is 7. The fourth-order valence-corrected chi connectivity index (χ4v) is 11.5. The Morgan fingerprint density at radius 2 is 1.95 bits per heavy atom. The summed E-state index contributed by atoms with van der Waals surface area (Å²) in [6, 6.07) is 11.8. The average Bonchev–Trinajstić information content (AvgIpc) is 3.24. The summed E-state index contributed by atoms with van der Waals surface area (Å²) in [5.41, 5.74) is -1.36. The Labute approximate surface area is 222 Å². The highest BCUT2D eigenvalue weighted by atomic mass is 28.4. The molecule has 1 aromatic carbocycles. The molecule has 3 aliphatic rings. The highest BCUT2D eigenvalue weighted by Gasteiger charge is 2.74. The van der Waals surface area contributed by atoms with E-state index in [2.05, 4.69) is 74.3 Å². The number of nitrogens with one attached hydrogen (secondary N) is 1. The second-order valence-electron chi connectivity index (χ2n) is 11.3. The predicted octanol–water partition coefficient (Wildman–Crippen LogP) is 3.83. The van der Waals surface area contributed by atoms with Crippen molar-refractivity contribution in [2.45, 2.75) is 69.6 Å². The summed E-state index contributed by atoms with van der Waals surface area (Å²) in [5, 5.41) is 1.05. The summed E-state index contributed by atoms with van der Waals surface area (Å²) in [7, 11) is -2.74. The standard InChI is InChI=1S/C29H34N2O6Si/c1-20(32)35-18-16-29-19-24(31-17-15-23(33)30-27(31)34)36-25(29)26(29)37-38(28(2,3)4,21-11-7-5-8-12-21)22-13-9-6-10-14-22/h5-13,15-18,22,24-26H,14,19H2,1-4H3,(H,30,33,34). The Bertz CT molecular complexity index is 1400. The van der Waals surface area contributed by atoms with Crippen LogP contribution >= 0.6 is 0 Å². The van der Waals surface area contributed by atoms with Gasteiger partial charge < -0.3 is 13.9 Å². The van der Waals surface area contributed by atoms with E-state index in [1.807, 2.05) is 12.1 Å². The van der Waals surface area contributed by atoms with Gasteiger partial charge in [0, 0.05) is 31.1 Å². The summed E-state index contributed by atoms with van der Waals surface area (Å²) < 4.78 is 20.4. The first-order chi connectivity index (χ1) is 18.1. The molecule has 2 aromatic rings. The normalized spacial score (nSPS) is 29.7. The fraction of sp³-hybridized carbons (Fsp3) is 0.414. The van der Waals surface area contributed by atoms with E-state index < -0.39 is 37.2 Å². The summed E-state index contributed by atoms with van der Waals surface area (Å²) in [4.78, 5) is 37.9. The molecule has 0 amide bonds. The van der Waals surface area contributed by atoms with Gasteiger partial charge in [0.1, 0.15) is 6.23 Å². The molecule has 200 valence electrons. The number of fused-ring (bicyclic) bond motifs is 1. The molecule has 5 rings (SSSR count). The van der Waals surface area contributed by atoms with Crippen LogP contribution in [0.3, 0.4) is 0 Å². The number of ether oxygens (including phenoxy) is 2. The van der Waals surface area contributed by atoms with Crippen LogP contribution in [0.5, 0.6) is 0 Å². The molecule has 8 nitrogen and oxygen atoms in total. The van der Waals surface area contributed by atoms with E-state index in [0.29, 0.717) is 6.42 Å². The molecule has 6 atom stereocenters. The van der Waals surface area contributed by atoms with Crippen molar-refractivity contribution >= 4 is 19.5 Å². The van der Waals surface area contributed by atoms with E-state index in [1.54, 1.807) is 0 Å². The lowest BCUT2D eigenvalue weighted by Crippen LogP contribution is -2.61. The van der Waals surface area contributed by atoms with Gasteiger partial charge in [0.15, 0.2) is 0 Å². The smallest absolute Gasteiger partial charge is 0.330 e. The van der Waals surface area contributed by atoms with Crippen molar-refractivity contribution in [2.24, 2.45) is 5.41 Å². The van der Waals surface area contributed by atoms with Gasteiger partial charge in [0.2, 0.25) is 8.32 Å². The number of allylic oxidation sites excluding steroid dienone is 4. The van der Waals surface area contributed by atoms with Crippen molar-refractivity contribution in [1.29, 1.82) is 0 Å². The number of hydrogen-bond donors (Lipinski definition) is 1. The van der Waals surface area contributed by atoms with Crippen LogP contribution in [0.4, 0.5) is 0 Å². The topological polar surface area (TPSA) is 99.6 Å². The molecule has 38 heavy (non-hydrogen) atoms. The van der Waals surface area contributed by atoms with Crippen LogP contribution < -0.4 is 16.4 Å². The second kappa shape index (κ2) is 9.80. The Balaban J connectivity index is 1.54. The maximum absolute atomic E-state index is 12.5. The molecule has 9 heteroatoms. The van der Waals surface area contributed by atoms with Crippen LogP contribution in [0.15, 0.2) is 88.8 Å². The molecule has 0 spiro atoms. The zero-order valence-electron chi connectivity index (χ0n) is 22.1. The average molecular weight is 535 g/mol. The number of hydrogen-bond acceptors (Lipinski definition) is 6.